The molecule has 0 bridgehead atoms. The summed E-state index contributed by atoms with van der Waals surface area (Å²) in [4.78, 5) is 0. The van der Waals surface area contributed by atoms with Gasteiger partial charge >= 0.3 is 0 Å². The van der Waals surface area contributed by atoms with Crippen molar-refractivity contribution in [3.8, 4) is 0 Å². The first-order chi connectivity index (χ1) is 9.33. The normalized spacial score (nSPS) is 10.8. The fourth-order valence-corrected chi connectivity index (χ4v) is 1.15. The van der Waals surface area contributed by atoms with Crippen molar-refractivity contribution in [3.63, 3.8) is 0 Å². The van der Waals surface area contributed by atoms with Crippen LogP contribution < -0.4 is 0 Å². The Morgan fingerprint density at radius 3 is 1.79 bits per heavy atom. The molecule has 1 aromatic rings. The van der Waals surface area contributed by atoms with Crippen LogP contribution in [0.3, 0.4) is 0 Å². The van der Waals surface area contributed by atoms with E-state index in [1.165, 1.54) is 11.1 Å². The number of rotatable bonds is 1. The van der Waals surface area contributed by atoms with E-state index in [9.17, 15) is 0 Å². The summed E-state index contributed by atoms with van der Waals surface area (Å²) in [5, 5.41) is 0. The first kappa shape index (κ1) is 19.5. The second kappa shape index (κ2) is 16.2. The predicted octanol–water partition coefficient (Wildman–Crippen LogP) is 6.44. The summed E-state index contributed by atoms with van der Waals surface area (Å²) >= 11 is 0. The molecule has 0 saturated carbocycles. The highest BCUT2D eigenvalue weighted by Gasteiger charge is 1.84. The summed E-state index contributed by atoms with van der Waals surface area (Å²) in [5.41, 5.74) is 2.37. The Labute approximate surface area is 119 Å². The van der Waals surface area contributed by atoms with Gasteiger partial charge in [-0.25, -0.2) is 0 Å². The van der Waals surface area contributed by atoms with Crippen molar-refractivity contribution in [2.75, 3.05) is 0 Å². The zero-order chi connectivity index (χ0) is 14.9. The minimum atomic E-state index is 1.02. The predicted molar refractivity (Wildman–Crippen MR) is 91.3 cm³/mol. The van der Waals surface area contributed by atoms with Crippen molar-refractivity contribution < 1.29 is 0 Å². The van der Waals surface area contributed by atoms with Gasteiger partial charge in [0.2, 0.25) is 0 Å². The molecule has 0 aromatic heterocycles. The number of hydrogen-bond donors (Lipinski definition) is 0. The summed E-state index contributed by atoms with van der Waals surface area (Å²) in [6.07, 6.45) is 11.0. The van der Waals surface area contributed by atoms with Crippen molar-refractivity contribution in [2.24, 2.45) is 0 Å². The van der Waals surface area contributed by atoms with Gasteiger partial charge in [0.15, 0.2) is 0 Å². The molecule has 2 rings (SSSR count). The maximum atomic E-state index is 3.78. The molecule has 1 aliphatic rings. The second-order valence-corrected chi connectivity index (χ2v) is 3.26. The Bertz CT molecular complexity index is 366. The molecule has 0 heteroatoms. The zero-order valence-electron chi connectivity index (χ0n) is 12.9. The van der Waals surface area contributed by atoms with E-state index in [0.29, 0.717) is 0 Å². The van der Waals surface area contributed by atoms with E-state index < -0.39 is 0 Å². The van der Waals surface area contributed by atoms with Crippen LogP contribution in [-0.2, 0) is 0 Å². The summed E-state index contributed by atoms with van der Waals surface area (Å²) in [6.45, 7) is 15.4. The third-order valence-corrected chi connectivity index (χ3v) is 1.99. The van der Waals surface area contributed by atoms with Crippen molar-refractivity contribution in [2.45, 2.75) is 34.1 Å². The van der Waals surface area contributed by atoms with Gasteiger partial charge < -0.3 is 0 Å². The Kier molecular flexibility index (Phi) is 16.6. The third-order valence-electron chi connectivity index (χ3n) is 1.99. The lowest BCUT2D eigenvalue weighted by molar-refractivity contribution is 1.28. The average molecular weight is 256 g/mol. The largest absolute Gasteiger partial charge is 0.0985 e. The van der Waals surface area contributed by atoms with Crippen LogP contribution in [0, 0.1) is 0 Å². The Morgan fingerprint density at radius 1 is 0.947 bits per heavy atom. The summed E-state index contributed by atoms with van der Waals surface area (Å²) in [5.74, 6) is 0. The molecule has 0 nitrogen and oxygen atoms in total. The molecule has 0 fully saturated rings. The number of allylic oxidation sites excluding steroid dienone is 5. The van der Waals surface area contributed by atoms with Crippen LogP contribution in [0.25, 0.3) is 6.08 Å². The molecule has 1 aromatic carbocycles. The van der Waals surface area contributed by atoms with Gasteiger partial charge in [0.1, 0.15) is 0 Å². The third kappa shape index (κ3) is 12.4. The van der Waals surface area contributed by atoms with Crippen LogP contribution in [0.5, 0.6) is 0 Å². The lowest BCUT2D eigenvalue weighted by Crippen LogP contribution is -1.74. The van der Waals surface area contributed by atoms with Crippen LogP contribution in [-0.4, -0.2) is 0 Å². The standard InChI is InChI=1S/C8H8.C7H8.2C2H6/c1-2-8-6-4-3-5-7-8;1-7-5-3-2-4-6-7;2*1-2/h2-7H,1H2;2-5H,1,6H2;2*1-2H3. The molecule has 0 N–H and O–H groups in total. The molecule has 19 heavy (non-hydrogen) atoms. The summed E-state index contributed by atoms with van der Waals surface area (Å²) in [6, 6.07) is 10.0. The van der Waals surface area contributed by atoms with Crippen molar-refractivity contribution >= 4 is 6.08 Å². The van der Waals surface area contributed by atoms with Crippen LogP contribution in [0.4, 0.5) is 0 Å². The summed E-state index contributed by atoms with van der Waals surface area (Å²) in [7, 11) is 0. The SMILES string of the molecule is C=C1C=CC=CC1.C=Cc1ccccc1.CC.CC. The fraction of sp³-hybridized carbons (Fsp3) is 0.263. The van der Waals surface area contributed by atoms with Crippen LogP contribution in [0.2, 0.25) is 0 Å². The van der Waals surface area contributed by atoms with Gasteiger partial charge in [-0.1, -0.05) is 107 Å². The smallest absolute Gasteiger partial charge is 0.0100 e. The molecule has 0 unspecified atom stereocenters. The second-order valence-electron chi connectivity index (χ2n) is 3.26. The quantitative estimate of drug-likeness (QED) is 0.542. The van der Waals surface area contributed by atoms with Crippen molar-refractivity contribution in [3.05, 3.63) is 78.9 Å². The molecule has 1 aliphatic carbocycles. The van der Waals surface area contributed by atoms with Gasteiger partial charge in [0.05, 0.1) is 0 Å². The Morgan fingerprint density at radius 2 is 1.53 bits per heavy atom. The van der Waals surface area contributed by atoms with E-state index in [1.54, 1.807) is 0 Å². The van der Waals surface area contributed by atoms with E-state index in [1.807, 2.05) is 82.3 Å². The molecule has 0 radical (unpaired) electrons. The van der Waals surface area contributed by atoms with E-state index >= 15 is 0 Å². The van der Waals surface area contributed by atoms with Crippen LogP contribution in [0.15, 0.2) is 73.4 Å². The highest BCUT2D eigenvalue weighted by atomic mass is 13.9. The first-order valence-electron chi connectivity index (χ1n) is 7.01. The van der Waals surface area contributed by atoms with Crippen LogP contribution >= 0.6 is 0 Å². The molecule has 0 aliphatic heterocycles. The molecular formula is C19H28. The highest BCUT2D eigenvalue weighted by Crippen LogP contribution is 2.05. The maximum absolute atomic E-state index is 3.78. The van der Waals surface area contributed by atoms with Crippen LogP contribution in [0.1, 0.15) is 39.7 Å². The van der Waals surface area contributed by atoms with Gasteiger partial charge in [-0.3, -0.25) is 0 Å². The molecule has 104 valence electrons. The average Bonchev–Trinajstić information content (AvgIpc) is 2.53. The Balaban J connectivity index is 0. The fourth-order valence-electron chi connectivity index (χ4n) is 1.15. The monoisotopic (exact) mass is 256 g/mol. The van der Waals surface area contributed by atoms with E-state index in [-0.39, 0.29) is 0 Å². The van der Waals surface area contributed by atoms with Gasteiger partial charge in [-0.2, -0.15) is 0 Å². The molecular weight excluding hydrogens is 228 g/mol. The molecule has 0 heterocycles. The minimum Gasteiger partial charge on any atom is -0.0985 e. The highest BCUT2D eigenvalue weighted by molar-refractivity contribution is 5.45. The molecule has 0 saturated heterocycles. The van der Waals surface area contributed by atoms with Crippen molar-refractivity contribution in [1.82, 2.24) is 0 Å². The van der Waals surface area contributed by atoms with E-state index in [4.69, 9.17) is 0 Å². The topological polar surface area (TPSA) is 0 Å². The van der Waals surface area contributed by atoms with E-state index in [0.717, 1.165) is 6.42 Å². The minimum absolute atomic E-state index is 1.02. The lowest BCUT2D eigenvalue weighted by atomic mass is 10.1. The molecule has 0 spiro atoms. The van der Waals surface area contributed by atoms with Crippen molar-refractivity contribution in [1.29, 1.82) is 0 Å². The zero-order valence-corrected chi connectivity index (χ0v) is 12.9. The van der Waals surface area contributed by atoms with Gasteiger partial charge in [-0.15, -0.1) is 0 Å². The maximum Gasteiger partial charge on any atom is -0.0100 e. The number of hydrogen-bond acceptors (Lipinski definition) is 0. The van der Waals surface area contributed by atoms with Gasteiger partial charge in [0.25, 0.3) is 0 Å². The summed E-state index contributed by atoms with van der Waals surface area (Å²) < 4.78 is 0. The molecule has 0 amide bonds. The number of benzene rings is 1. The Hall–Kier alpha value is -1.82. The lowest BCUT2D eigenvalue weighted by Gasteiger charge is -1.94. The van der Waals surface area contributed by atoms with Gasteiger partial charge in [-0.05, 0) is 12.0 Å². The van der Waals surface area contributed by atoms with Gasteiger partial charge in [0, 0.05) is 0 Å². The van der Waals surface area contributed by atoms with E-state index in [2.05, 4.69) is 19.2 Å². The molecule has 0 atom stereocenters. The first-order valence-corrected chi connectivity index (χ1v) is 7.01.